The number of rotatable bonds is 6. The molecular formula is C19H16N6OS2. The Balaban J connectivity index is 1.43. The number of para-hydroxylation sites is 1. The number of hydrogen-bond donors (Lipinski definition) is 1. The Morgan fingerprint density at radius 1 is 1.11 bits per heavy atom. The highest BCUT2D eigenvalue weighted by Crippen LogP contribution is 2.27. The molecule has 1 N–H and O–H groups in total. The number of amides is 1. The number of hydrogen-bond acceptors (Lipinski definition) is 7. The van der Waals surface area contributed by atoms with Crippen molar-refractivity contribution >= 4 is 34.1 Å². The van der Waals surface area contributed by atoms with Crippen molar-refractivity contribution in [1.82, 2.24) is 25.2 Å². The maximum atomic E-state index is 12.6. The first-order chi connectivity index (χ1) is 13.7. The molecule has 28 heavy (non-hydrogen) atoms. The first-order valence-corrected chi connectivity index (χ1v) is 10.3. The van der Waals surface area contributed by atoms with Gasteiger partial charge in [0.25, 0.3) is 0 Å². The molecule has 1 atom stereocenters. The number of nitrogens with one attached hydrogen (secondary N) is 1. The maximum absolute atomic E-state index is 12.6. The molecule has 0 aliphatic carbocycles. The summed E-state index contributed by atoms with van der Waals surface area (Å²) in [6, 6.07) is 19.4. The number of aromatic nitrogens is 5. The molecule has 0 aliphatic rings. The second kappa shape index (κ2) is 8.32. The fraction of sp³-hybridized carbons (Fsp3) is 0.105. The van der Waals surface area contributed by atoms with Crippen LogP contribution in [0.3, 0.4) is 0 Å². The highest BCUT2D eigenvalue weighted by molar-refractivity contribution is 8.00. The van der Waals surface area contributed by atoms with E-state index in [2.05, 4.69) is 25.8 Å². The van der Waals surface area contributed by atoms with Gasteiger partial charge in [0.15, 0.2) is 5.13 Å². The zero-order valence-corrected chi connectivity index (χ0v) is 16.5. The van der Waals surface area contributed by atoms with Crippen LogP contribution in [0.2, 0.25) is 0 Å². The van der Waals surface area contributed by atoms with E-state index in [1.54, 1.807) is 4.68 Å². The minimum absolute atomic E-state index is 0.151. The minimum Gasteiger partial charge on any atom is -0.301 e. The van der Waals surface area contributed by atoms with Crippen molar-refractivity contribution in [3.05, 3.63) is 66.0 Å². The minimum atomic E-state index is -0.391. The Morgan fingerprint density at radius 3 is 2.57 bits per heavy atom. The molecule has 4 rings (SSSR count). The molecule has 0 aliphatic heterocycles. The van der Waals surface area contributed by atoms with Crippen molar-refractivity contribution in [2.45, 2.75) is 17.3 Å². The summed E-state index contributed by atoms with van der Waals surface area (Å²) in [6.07, 6.45) is 0. The summed E-state index contributed by atoms with van der Waals surface area (Å²) in [7, 11) is 0. The average Bonchev–Trinajstić information content (AvgIpc) is 3.39. The molecule has 0 bridgehead atoms. The molecule has 4 aromatic rings. The van der Waals surface area contributed by atoms with Crippen LogP contribution in [-0.2, 0) is 4.79 Å². The number of nitrogens with zero attached hydrogens (tertiary/aromatic N) is 5. The first kappa shape index (κ1) is 18.3. The van der Waals surface area contributed by atoms with Crippen LogP contribution in [0.4, 0.5) is 5.13 Å². The molecule has 0 saturated heterocycles. The topological polar surface area (TPSA) is 85.6 Å². The third-order valence-electron chi connectivity index (χ3n) is 3.90. The number of carbonyl (C=O) groups excluding carboxylic acids is 1. The Morgan fingerprint density at radius 2 is 1.82 bits per heavy atom. The van der Waals surface area contributed by atoms with E-state index in [1.165, 1.54) is 23.1 Å². The van der Waals surface area contributed by atoms with E-state index in [1.807, 2.05) is 73.0 Å². The molecule has 1 amide bonds. The van der Waals surface area contributed by atoms with Crippen LogP contribution in [0.1, 0.15) is 6.92 Å². The first-order valence-electron chi connectivity index (χ1n) is 8.53. The van der Waals surface area contributed by atoms with E-state index in [-0.39, 0.29) is 5.91 Å². The van der Waals surface area contributed by atoms with Crippen molar-refractivity contribution < 1.29 is 4.79 Å². The molecular weight excluding hydrogens is 392 g/mol. The lowest BCUT2D eigenvalue weighted by Gasteiger charge is -2.10. The standard InChI is InChI=1S/C19H16N6OS2/c1-13(28-19-22-23-24-25(19)15-10-6-3-7-11-15)17(26)21-18-20-16(12-27-18)14-8-4-2-5-9-14/h2-13H,1H3,(H,20,21,26). The second-order valence-corrected chi connectivity index (χ2v) is 8.03. The molecule has 2 aromatic heterocycles. The molecule has 0 radical (unpaired) electrons. The number of benzene rings is 2. The lowest BCUT2D eigenvalue weighted by Crippen LogP contribution is -2.22. The van der Waals surface area contributed by atoms with Gasteiger partial charge < -0.3 is 5.32 Å². The quantitative estimate of drug-likeness (QED) is 0.487. The van der Waals surface area contributed by atoms with Crippen LogP contribution in [-0.4, -0.2) is 36.3 Å². The number of thioether (sulfide) groups is 1. The maximum Gasteiger partial charge on any atom is 0.239 e. The van der Waals surface area contributed by atoms with Crippen molar-refractivity contribution in [3.63, 3.8) is 0 Å². The molecule has 0 spiro atoms. The highest BCUT2D eigenvalue weighted by atomic mass is 32.2. The van der Waals surface area contributed by atoms with Crippen LogP contribution in [0.25, 0.3) is 16.9 Å². The van der Waals surface area contributed by atoms with Crippen LogP contribution >= 0.6 is 23.1 Å². The van der Waals surface area contributed by atoms with E-state index >= 15 is 0 Å². The van der Waals surface area contributed by atoms with Gasteiger partial charge in [-0.05, 0) is 29.5 Å². The molecule has 0 fully saturated rings. The number of carbonyl (C=O) groups is 1. The third kappa shape index (κ3) is 4.10. The SMILES string of the molecule is CC(Sc1nnnn1-c1ccccc1)C(=O)Nc1nc(-c2ccccc2)cs1. The van der Waals surface area contributed by atoms with Gasteiger partial charge in [0, 0.05) is 10.9 Å². The van der Waals surface area contributed by atoms with Crippen LogP contribution in [0.15, 0.2) is 71.2 Å². The van der Waals surface area contributed by atoms with Crippen molar-refractivity contribution in [2.75, 3.05) is 5.32 Å². The summed E-state index contributed by atoms with van der Waals surface area (Å²) in [5.41, 5.74) is 2.70. The fourth-order valence-corrected chi connectivity index (χ4v) is 4.01. The van der Waals surface area contributed by atoms with Crippen LogP contribution in [0.5, 0.6) is 0 Å². The summed E-state index contributed by atoms with van der Waals surface area (Å²) in [6.45, 7) is 1.82. The average molecular weight is 409 g/mol. The highest BCUT2D eigenvalue weighted by Gasteiger charge is 2.20. The zero-order valence-electron chi connectivity index (χ0n) is 14.9. The van der Waals surface area contributed by atoms with E-state index < -0.39 is 5.25 Å². The van der Waals surface area contributed by atoms with Crippen LogP contribution in [0, 0.1) is 0 Å². The van der Waals surface area contributed by atoms with Crippen LogP contribution < -0.4 is 5.32 Å². The van der Waals surface area contributed by atoms with E-state index in [0.717, 1.165) is 16.9 Å². The van der Waals surface area contributed by atoms with Gasteiger partial charge in [-0.3, -0.25) is 4.79 Å². The Bertz CT molecular complexity index is 1060. The van der Waals surface area contributed by atoms with Gasteiger partial charge >= 0.3 is 0 Å². The van der Waals surface area contributed by atoms with Gasteiger partial charge in [0.1, 0.15) is 0 Å². The fourth-order valence-electron chi connectivity index (χ4n) is 2.47. The molecule has 9 heteroatoms. The van der Waals surface area contributed by atoms with Gasteiger partial charge in [-0.15, -0.1) is 16.4 Å². The number of tetrazole rings is 1. The normalized spacial score (nSPS) is 11.9. The van der Waals surface area contributed by atoms with Crippen molar-refractivity contribution in [1.29, 1.82) is 0 Å². The summed E-state index contributed by atoms with van der Waals surface area (Å²) < 4.78 is 1.62. The van der Waals surface area contributed by atoms with Gasteiger partial charge in [0.05, 0.1) is 16.6 Å². The summed E-state index contributed by atoms with van der Waals surface area (Å²) in [4.78, 5) is 17.1. The van der Waals surface area contributed by atoms with Crippen molar-refractivity contribution in [2.24, 2.45) is 0 Å². The van der Waals surface area contributed by atoms with Crippen molar-refractivity contribution in [3.8, 4) is 16.9 Å². The lowest BCUT2D eigenvalue weighted by atomic mass is 10.2. The third-order valence-corrected chi connectivity index (χ3v) is 5.69. The van der Waals surface area contributed by atoms with Gasteiger partial charge in [-0.25, -0.2) is 4.98 Å². The largest absolute Gasteiger partial charge is 0.301 e. The zero-order chi connectivity index (χ0) is 19.3. The summed E-state index contributed by atoms with van der Waals surface area (Å²) >= 11 is 2.69. The van der Waals surface area contributed by atoms with Gasteiger partial charge in [0.2, 0.25) is 11.1 Å². The molecule has 140 valence electrons. The second-order valence-electron chi connectivity index (χ2n) is 5.86. The lowest BCUT2D eigenvalue weighted by molar-refractivity contribution is -0.115. The summed E-state index contributed by atoms with van der Waals surface area (Å²) in [5, 5.41) is 17.3. The Kier molecular flexibility index (Phi) is 5.45. The molecule has 7 nitrogen and oxygen atoms in total. The smallest absolute Gasteiger partial charge is 0.239 e. The molecule has 2 aromatic carbocycles. The predicted octanol–water partition coefficient (Wildman–Crippen LogP) is 3.91. The molecule has 2 heterocycles. The van der Waals surface area contributed by atoms with Gasteiger partial charge in [-0.1, -0.05) is 60.3 Å². The summed E-state index contributed by atoms with van der Waals surface area (Å²) in [5.74, 6) is -0.151. The van der Waals surface area contributed by atoms with E-state index in [4.69, 9.17) is 0 Å². The number of thiazole rings is 1. The molecule has 1 unspecified atom stereocenters. The molecule has 0 saturated carbocycles. The number of anilines is 1. The Labute approximate surface area is 169 Å². The Hall–Kier alpha value is -3.04. The van der Waals surface area contributed by atoms with E-state index in [0.29, 0.717) is 10.3 Å². The van der Waals surface area contributed by atoms with E-state index in [9.17, 15) is 4.79 Å². The predicted molar refractivity (Wildman–Crippen MR) is 111 cm³/mol. The monoisotopic (exact) mass is 408 g/mol. The van der Waals surface area contributed by atoms with Gasteiger partial charge in [-0.2, -0.15) is 4.68 Å².